The van der Waals surface area contributed by atoms with Crippen molar-refractivity contribution < 1.29 is 0 Å². The molecule has 0 aliphatic rings. The smallest absolute Gasteiger partial charge is 0.153 e. The molecule has 0 spiro atoms. The number of hydrogen-bond donors (Lipinski definition) is 0. The molecule has 0 N–H and O–H groups in total. The van der Waals surface area contributed by atoms with E-state index in [1.54, 1.807) is 7.05 Å². The lowest BCUT2D eigenvalue weighted by Crippen LogP contribution is -1.97. The van der Waals surface area contributed by atoms with E-state index in [1.807, 2.05) is 18.3 Å². The predicted molar refractivity (Wildman–Crippen MR) is 62.4 cm³/mol. The Morgan fingerprint density at radius 3 is 2.43 bits per heavy atom. The summed E-state index contributed by atoms with van der Waals surface area (Å²) in [6.07, 6.45) is 2.81. The third-order valence-electron chi connectivity index (χ3n) is 1.92. The zero-order valence-corrected chi connectivity index (χ0v) is 8.99. The van der Waals surface area contributed by atoms with Gasteiger partial charge in [0, 0.05) is 18.8 Å². The summed E-state index contributed by atoms with van der Waals surface area (Å²) in [6.45, 7) is 4.13. The molecule has 2 nitrogen and oxygen atoms in total. The molecule has 0 unspecified atom stereocenters. The fraction of sp³-hybridized carbons (Fsp3) is 0.333. The van der Waals surface area contributed by atoms with Gasteiger partial charge in [0.2, 0.25) is 0 Å². The molecule has 0 bridgehead atoms. The quantitative estimate of drug-likeness (QED) is 0.503. The van der Waals surface area contributed by atoms with Crippen LogP contribution < -0.4 is 0 Å². The SMILES string of the molecule is CCC=NC(=NC)c1ccc(C)cc1. The Bertz CT molecular complexity index is 334. The standard InChI is InChI=1S/C12H16N2/c1-4-9-14-12(13-3)11-7-5-10(2)6-8-11/h5-9H,4H2,1-3H3. The number of aryl methyl sites for hydroxylation is 1. The van der Waals surface area contributed by atoms with Crippen molar-refractivity contribution in [1.29, 1.82) is 0 Å². The maximum absolute atomic E-state index is 4.29. The molecule has 74 valence electrons. The molecule has 1 rings (SSSR count). The van der Waals surface area contributed by atoms with Crippen LogP contribution in [-0.2, 0) is 0 Å². The van der Waals surface area contributed by atoms with Gasteiger partial charge < -0.3 is 0 Å². The maximum atomic E-state index is 4.29. The molecule has 0 saturated heterocycles. The zero-order chi connectivity index (χ0) is 10.4. The highest BCUT2D eigenvalue weighted by Gasteiger charge is 1.98. The Labute approximate surface area is 85.4 Å². The minimum Gasteiger partial charge on any atom is -0.270 e. The summed E-state index contributed by atoms with van der Waals surface area (Å²) < 4.78 is 0. The van der Waals surface area contributed by atoms with E-state index in [-0.39, 0.29) is 0 Å². The van der Waals surface area contributed by atoms with Gasteiger partial charge in [-0.25, -0.2) is 4.99 Å². The summed E-state index contributed by atoms with van der Waals surface area (Å²) in [7, 11) is 1.77. The molecule has 0 aliphatic carbocycles. The summed E-state index contributed by atoms with van der Waals surface area (Å²) in [5, 5.41) is 0. The molecule has 0 aliphatic heterocycles. The Hall–Kier alpha value is -1.44. The Kier molecular flexibility index (Phi) is 4.05. The molecular weight excluding hydrogens is 172 g/mol. The van der Waals surface area contributed by atoms with Crippen molar-refractivity contribution in [1.82, 2.24) is 0 Å². The molecule has 0 amide bonds. The van der Waals surface area contributed by atoms with Crippen LogP contribution in [0, 0.1) is 6.92 Å². The molecule has 14 heavy (non-hydrogen) atoms. The minimum atomic E-state index is 0.798. The van der Waals surface area contributed by atoms with Crippen molar-refractivity contribution in [2.45, 2.75) is 20.3 Å². The fourth-order valence-corrected chi connectivity index (χ4v) is 1.14. The normalized spacial score (nSPS) is 12.4. The van der Waals surface area contributed by atoms with E-state index in [1.165, 1.54) is 5.56 Å². The third kappa shape index (κ3) is 2.80. The number of aliphatic imine (C=N–C) groups is 2. The average molecular weight is 188 g/mol. The van der Waals surface area contributed by atoms with Crippen LogP contribution >= 0.6 is 0 Å². The van der Waals surface area contributed by atoms with Gasteiger partial charge in [0.05, 0.1) is 0 Å². The number of benzene rings is 1. The topological polar surface area (TPSA) is 24.7 Å². The van der Waals surface area contributed by atoms with Gasteiger partial charge in [-0.05, 0) is 13.3 Å². The molecule has 0 heterocycles. The van der Waals surface area contributed by atoms with E-state index in [9.17, 15) is 0 Å². The van der Waals surface area contributed by atoms with E-state index in [4.69, 9.17) is 0 Å². The Balaban J connectivity index is 2.91. The lowest BCUT2D eigenvalue weighted by molar-refractivity contribution is 1.31. The molecule has 2 heteroatoms. The van der Waals surface area contributed by atoms with Crippen molar-refractivity contribution in [2.24, 2.45) is 9.98 Å². The van der Waals surface area contributed by atoms with Crippen LogP contribution in [0.4, 0.5) is 0 Å². The van der Waals surface area contributed by atoms with E-state index < -0.39 is 0 Å². The van der Waals surface area contributed by atoms with Gasteiger partial charge in [0.25, 0.3) is 0 Å². The first-order valence-electron chi connectivity index (χ1n) is 4.84. The second kappa shape index (κ2) is 5.32. The molecule has 1 aromatic rings. The number of rotatable bonds is 2. The van der Waals surface area contributed by atoms with Crippen LogP contribution in [0.15, 0.2) is 34.3 Å². The first-order valence-corrected chi connectivity index (χ1v) is 4.84. The van der Waals surface area contributed by atoms with Crippen LogP contribution in [0.1, 0.15) is 24.5 Å². The first kappa shape index (κ1) is 10.6. The summed E-state index contributed by atoms with van der Waals surface area (Å²) in [5.41, 5.74) is 2.33. The van der Waals surface area contributed by atoms with Crippen LogP contribution in [0.5, 0.6) is 0 Å². The highest BCUT2D eigenvalue weighted by Crippen LogP contribution is 2.05. The number of nitrogens with zero attached hydrogens (tertiary/aromatic N) is 2. The van der Waals surface area contributed by atoms with E-state index in [0.717, 1.165) is 17.8 Å². The largest absolute Gasteiger partial charge is 0.270 e. The van der Waals surface area contributed by atoms with E-state index >= 15 is 0 Å². The Morgan fingerprint density at radius 2 is 1.93 bits per heavy atom. The average Bonchev–Trinajstić information content (AvgIpc) is 2.21. The minimum absolute atomic E-state index is 0.798. The molecule has 0 fully saturated rings. The molecule has 0 saturated carbocycles. The summed E-state index contributed by atoms with van der Waals surface area (Å²) in [5.74, 6) is 0.798. The molecule has 0 aromatic heterocycles. The van der Waals surface area contributed by atoms with Crippen molar-refractivity contribution in [3.05, 3.63) is 35.4 Å². The van der Waals surface area contributed by atoms with Gasteiger partial charge in [-0.15, -0.1) is 0 Å². The molecule has 1 aromatic carbocycles. The monoisotopic (exact) mass is 188 g/mol. The van der Waals surface area contributed by atoms with E-state index in [0.29, 0.717) is 0 Å². The lowest BCUT2D eigenvalue weighted by atomic mass is 10.1. The summed E-state index contributed by atoms with van der Waals surface area (Å²) in [6, 6.07) is 8.24. The van der Waals surface area contributed by atoms with Gasteiger partial charge >= 0.3 is 0 Å². The molecule has 0 radical (unpaired) electrons. The van der Waals surface area contributed by atoms with Gasteiger partial charge in [-0.2, -0.15) is 0 Å². The highest BCUT2D eigenvalue weighted by molar-refractivity contribution is 6.02. The van der Waals surface area contributed by atoms with Gasteiger partial charge in [0.15, 0.2) is 5.84 Å². The second-order valence-electron chi connectivity index (χ2n) is 3.13. The lowest BCUT2D eigenvalue weighted by Gasteiger charge is -2.00. The highest BCUT2D eigenvalue weighted by atomic mass is 14.9. The summed E-state index contributed by atoms with van der Waals surface area (Å²) in [4.78, 5) is 8.43. The van der Waals surface area contributed by atoms with Gasteiger partial charge in [-0.3, -0.25) is 4.99 Å². The van der Waals surface area contributed by atoms with Crippen molar-refractivity contribution in [3.63, 3.8) is 0 Å². The van der Waals surface area contributed by atoms with Crippen LogP contribution in [-0.4, -0.2) is 19.1 Å². The maximum Gasteiger partial charge on any atom is 0.153 e. The number of hydrogen-bond acceptors (Lipinski definition) is 1. The number of amidine groups is 1. The van der Waals surface area contributed by atoms with Crippen molar-refractivity contribution in [3.8, 4) is 0 Å². The van der Waals surface area contributed by atoms with E-state index in [2.05, 4.69) is 36.0 Å². The second-order valence-corrected chi connectivity index (χ2v) is 3.13. The van der Waals surface area contributed by atoms with Crippen LogP contribution in [0.25, 0.3) is 0 Å². The summed E-state index contributed by atoms with van der Waals surface area (Å²) >= 11 is 0. The van der Waals surface area contributed by atoms with Gasteiger partial charge in [-0.1, -0.05) is 36.8 Å². The molecular formula is C12H16N2. The zero-order valence-electron chi connectivity index (χ0n) is 8.99. The fourth-order valence-electron chi connectivity index (χ4n) is 1.14. The van der Waals surface area contributed by atoms with Crippen molar-refractivity contribution in [2.75, 3.05) is 7.05 Å². The molecule has 0 atom stereocenters. The third-order valence-corrected chi connectivity index (χ3v) is 1.92. The van der Waals surface area contributed by atoms with Crippen molar-refractivity contribution >= 4 is 12.1 Å². The predicted octanol–water partition coefficient (Wildman–Crippen LogP) is 2.85. The first-order chi connectivity index (χ1) is 6.77. The Morgan fingerprint density at radius 1 is 1.29 bits per heavy atom. The van der Waals surface area contributed by atoms with Crippen LogP contribution in [0.2, 0.25) is 0 Å². The van der Waals surface area contributed by atoms with Crippen LogP contribution in [0.3, 0.4) is 0 Å². The van der Waals surface area contributed by atoms with Gasteiger partial charge in [0.1, 0.15) is 0 Å².